The Labute approximate surface area is 146 Å². The number of benzene rings is 2. The van der Waals surface area contributed by atoms with Gasteiger partial charge in [-0.3, -0.25) is 0 Å². The van der Waals surface area contributed by atoms with E-state index in [-0.39, 0.29) is 24.5 Å². The van der Waals surface area contributed by atoms with Gasteiger partial charge in [0.2, 0.25) is 0 Å². The third kappa shape index (κ3) is 4.00. The lowest BCUT2D eigenvalue weighted by molar-refractivity contribution is 0.0378. The number of hydrogen-bond acceptors (Lipinski definition) is 5. The summed E-state index contributed by atoms with van der Waals surface area (Å²) in [6, 6.07) is 14.9. The number of fused-ring (bicyclic) bond motifs is 1. The average Bonchev–Trinajstić information content (AvgIpc) is 2.55. The number of halogens is 1. The van der Waals surface area contributed by atoms with Crippen LogP contribution in [0, 0.1) is 0 Å². The van der Waals surface area contributed by atoms with E-state index in [1.54, 1.807) is 12.1 Å². The van der Waals surface area contributed by atoms with E-state index in [4.69, 9.17) is 4.74 Å². The van der Waals surface area contributed by atoms with Crippen LogP contribution < -0.4 is 5.32 Å². The van der Waals surface area contributed by atoms with Gasteiger partial charge in [0.05, 0.1) is 17.2 Å². The molecule has 3 aromatic rings. The maximum Gasteiger partial charge on any atom is 0.338 e. The smallest absolute Gasteiger partial charge is 0.338 e. The van der Waals surface area contributed by atoms with Crippen LogP contribution in [0.4, 0.5) is 11.5 Å². The monoisotopic (exact) mass is 343 g/mol. The Morgan fingerprint density at radius 1 is 1.04 bits per heavy atom. The first kappa shape index (κ1) is 17.7. The number of anilines is 2. The standard InChI is InChI=1S/C18H17N3O2.ClH/c1-12(2)23-18(22)13-7-9-14(10-8-13)21-17-15-5-3-4-6-16(15)19-11-20-17;/h3-12H,1-2H3,(H,19,20,21);1H. The molecule has 1 aromatic heterocycles. The molecule has 0 amide bonds. The van der Waals surface area contributed by atoms with Crippen LogP contribution in [-0.4, -0.2) is 22.0 Å². The van der Waals surface area contributed by atoms with Crippen molar-refractivity contribution < 1.29 is 9.53 Å². The number of nitrogens with one attached hydrogen (secondary N) is 1. The lowest BCUT2D eigenvalue weighted by Crippen LogP contribution is -2.11. The Kier molecular flexibility index (Phi) is 5.71. The molecule has 1 heterocycles. The first-order valence-electron chi connectivity index (χ1n) is 7.41. The molecule has 1 N–H and O–H groups in total. The van der Waals surface area contributed by atoms with Crippen LogP contribution in [0.2, 0.25) is 0 Å². The minimum absolute atomic E-state index is 0. The van der Waals surface area contributed by atoms with Gasteiger partial charge in [-0.2, -0.15) is 0 Å². The van der Waals surface area contributed by atoms with Gasteiger partial charge < -0.3 is 10.1 Å². The number of aromatic nitrogens is 2. The number of carbonyl (C=O) groups is 1. The van der Waals surface area contributed by atoms with Crippen molar-refractivity contribution in [1.29, 1.82) is 0 Å². The van der Waals surface area contributed by atoms with Crippen LogP contribution in [-0.2, 0) is 4.74 Å². The van der Waals surface area contributed by atoms with Gasteiger partial charge in [-0.15, -0.1) is 12.4 Å². The van der Waals surface area contributed by atoms with E-state index in [2.05, 4.69) is 15.3 Å². The highest BCUT2D eigenvalue weighted by Gasteiger charge is 2.09. The Morgan fingerprint density at radius 3 is 2.46 bits per heavy atom. The number of nitrogens with zero attached hydrogens (tertiary/aromatic N) is 2. The molecule has 6 heteroatoms. The molecule has 5 nitrogen and oxygen atoms in total. The van der Waals surface area contributed by atoms with Gasteiger partial charge in [0.1, 0.15) is 12.1 Å². The summed E-state index contributed by atoms with van der Waals surface area (Å²) in [5.74, 6) is 0.409. The molecule has 0 spiro atoms. The van der Waals surface area contributed by atoms with Crippen LogP contribution in [0.15, 0.2) is 54.9 Å². The molecular weight excluding hydrogens is 326 g/mol. The Bertz CT molecular complexity index is 830. The van der Waals surface area contributed by atoms with Gasteiger partial charge in [-0.25, -0.2) is 14.8 Å². The third-order valence-corrected chi connectivity index (χ3v) is 3.27. The number of para-hydroxylation sites is 1. The van der Waals surface area contributed by atoms with E-state index >= 15 is 0 Å². The van der Waals surface area contributed by atoms with Gasteiger partial charge >= 0.3 is 5.97 Å². The van der Waals surface area contributed by atoms with Gasteiger partial charge in [0.15, 0.2) is 0 Å². The molecule has 24 heavy (non-hydrogen) atoms. The highest BCUT2D eigenvalue weighted by molar-refractivity contribution is 5.92. The molecule has 0 saturated heterocycles. The molecule has 0 bridgehead atoms. The Morgan fingerprint density at radius 2 is 1.75 bits per heavy atom. The Hall–Kier alpha value is -2.66. The molecule has 0 atom stereocenters. The minimum atomic E-state index is -0.320. The maximum atomic E-state index is 11.8. The molecule has 124 valence electrons. The fourth-order valence-corrected chi connectivity index (χ4v) is 2.21. The molecule has 0 aliphatic rings. The van der Waals surface area contributed by atoms with Gasteiger partial charge in [0.25, 0.3) is 0 Å². The van der Waals surface area contributed by atoms with Crippen molar-refractivity contribution in [3.05, 3.63) is 60.4 Å². The van der Waals surface area contributed by atoms with E-state index in [0.29, 0.717) is 5.56 Å². The number of rotatable bonds is 4. The van der Waals surface area contributed by atoms with Gasteiger partial charge in [0, 0.05) is 11.1 Å². The highest BCUT2D eigenvalue weighted by atomic mass is 35.5. The van der Waals surface area contributed by atoms with Crippen molar-refractivity contribution in [3.63, 3.8) is 0 Å². The first-order chi connectivity index (χ1) is 11.1. The number of hydrogen-bond donors (Lipinski definition) is 1. The largest absolute Gasteiger partial charge is 0.459 e. The van der Waals surface area contributed by atoms with E-state index in [1.807, 2.05) is 50.2 Å². The molecule has 0 fully saturated rings. The number of carbonyl (C=O) groups excluding carboxylic acids is 1. The van der Waals surface area contributed by atoms with E-state index in [9.17, 15) is 4.79 Å². The van der Waals surface area contributed by atoms with Gasteiger partial charge in [-0.1, -0.05) is 12.1 Å². The zero-order valence-electron chi connectivity index (χ0n) is 13.4. The summed E-state index contributed by atoms with van der Waals surface area (Å²) < 4.78 is 5.17. The lowest BCUT2D eigenvalue weighted by atomic mass is 10.2. The normalized spacial score (nSPS) is 10.3. The summed E-state index contributed by atoms with van der Waals surface area (Å²) in [5.41, 5.74) is 2.24. The fourth-order valence-electron chi connectivity index (χ4n) is 2.21. The van der Waals surface area contributed by atoms with Crippen molar-refractivity contribution in [2.75, 3.05) is 5.32 Å². The topological polar surface area (TPSA) is 64.1 Å². The zero-order chi connectivity index (χ0) is 16.2. The summed E-state index contributed by atoms with van der Waals surface area (Å²) >= 11 is 0. The average molecular weight is 344 g/mol. The molecule has 0 radical (unpaired) electrons. The van der Waals surface area contributed by atoms with E-state index < -0.39 is 0 Å². The molecule has 0 saturated carbocycles. The number of esters is 1. The van der Waals surface area contributed by atoms with Crippen molar-refractivity contribution in [1.82, 2.24) is 9.97 Å². The second-order valence-corrected chi connectivity index (χ2v) is 5.40. The molecule has 0 unspecified atom stereocenters. The van der Waals surface area contributed by atoms with Crippen molar-refractivity contribution >= 4 is 40.8 Å². The predicted molar refractivity (Wildman–Crippen MR) is 97.1 cm³/mol. The van der Waals surface area contributed by atoms with Crippen LogP contribution in [0.5, 0.6) is 0 Å². The van der Waals surface area contributed by atoms with Crippen LogP contribution in [0.1, 0.15) is 24.2 Å². The zero-order valence-corrected chi connectivity index (χ0v) is 14.2. The SMILES string of the molecule is CC(C)OC(=O)c1ccc(Nc2ncnc3ccccc23)cc1.Cl. The second-order valence-electron chi connectivity index (χ2n) is 5.40. The van der Waals surface area contributed by atoms with Crippen molar-refractivity contribution in [2.45, 2.75) is 20.0 Å². The molecule has 2 aromatic carbocycles. The molecule has 3 rings (SSSR count). The lowest BCUT2D eigenvalue weighted by Gasteiger charge is -2.10. The summed E-state index contributed by atoms with van der Waals surface area (Å²) in [6.07, 6.45) is 1.40. The predicted octanol–water partition coefficient (Wildman–Crippen LogP) is 4.36. The first-order valence-corrected chi connectivity index (χ1v) is 7.41. The fraction of sp³-hybridized carbons (Fsp3) is 0.167. The highest BCUT2D eigenvalue weighted by Crippen LogP contribution is 2.22. The van der Waals surface area contributed by atoms with Crippen molar-refractivity contribution in [3.8, 4) is 0 Å². The van der Waals surface area contributed by atoms with Crippen molar-refractivity contribution in [2.24, 2.45) is 0 Å². The molecular formula is C18H18ClN3O2. The third-order valence-electron chi connectivity index (χ3n) is 3.27. The minimum Gasteiger partial charge on any atom is -0.459 e. The van der Waals surface area contributed by atoms with Gasteiger partial charge in [-0.05, 0) is 50.2 Å². The maximum absolute atomic E-state index is 11.8. The quantitative estimate of drug-likeness (QED) is 0.713. The second kappa shape index (κ2) is 7.75. The van der Waals surface area contributed by atoms with Crippen LogP contribution in [0.25, 0.3) is 10.9 Å². The van der Waals surface area contributed by atoms with E-state index in [0.717, 1.165) is 22.4 Å². The molecule has 0 aliphatic heterocycles. The summed E-state index contributed by atoms with van der Waals surface area (Å²) in [7, 11) is 0. The van der Waals surface area contributed by atoms with Crippen LogP contribution >= 0.6 is 12.4 Å². The van der Waals surface area contributed by atoms with E-state index in [1.165, 1.54) is 6.33 Å². The molecule has 0 aliphatic carbocycles. The van der Waals surface area contributed by atoms with Crippen LogP contribution in [0.3, 0.4) is 0 Å². The number of ether oxygens (including phenoxy) is 1. The summed E-state index contributed by atoms with van der Waals surface area (Å²) in [6.45, 7) is 3.65. The summed E-state index contributed by atoms with van der Waals surface area (Å²) in [4.78, 5) is 20.4. The summed E-state index contributed by atoms with van der Waals surface area (Å²) in [5, 5.41) is 4.19. The Balaban J connectivity index is 0.00000208.